The quantitative estimate of drug-likeness (QED) is 0.428. The van der Waals surface area contributed by atoms with Crippen LogP contribution in [0.15, 0.2) is 53.7 Å². The first-order chi connectivity index (χ1) is 11.7. The summed E-state index contributed by atoms with van der Waals surface area (Å²) in [7, 11) is 0. The lowest BCUT2D eigenvalue weighted by atomic mass is 10.2. The molecule has 5 nitrogen and oxygen atoms in total. The molecule has 4 aromatic rings. The third kappa shape index (κ3) is 2.98. The van der Waals surface area contributed by atoms with E-state index >= 15 is 0 Å². The molecular weight excluding hydrogens is 362 g/mol. The summed E-state index contributed by atoms with van der Waals surface area (Å²) in [6.07, 6.45) is 0. The standard InChI is InChI=1S/C16H12ClN5S2/c17-11-7-5-10(6-8-11)15-20-21-16(22(15)18)23-9-14-19-12-3-1-2-4-13(12)24-14/h1-8H,9,18H2. The molecule has 0 aliphatic rings. The van der Waals surface area contributed by atoms with Gasteiger partial charge in [-0.2, -0.15) is 0 Å². The van der Waals surface area contributed by atoms with E-state index in [1.165, 1.54) is 21.1 Å². The normalized spacial score (nSPS) is 11.2. The molecule has 0 aliphatic carbocycles. The predicted molar refractivity (Wildman–Crippen MR) is 99.8 cm³/mol. The fraction of sp³-hybridized carbons (Fsp3) is 0.0625. The second-order valence-corrected chi connectivity index (χ2v) is 7.54. The van der Waals surface area contributed by atoms with Crippen LogP contribution < -0.4 is 5.84 Å². The zero-order chi connectivity index (χ0) is 16.5. The third-order valence-electron chi connectivity index (χ3n) is 3.43. The van der Waals surface area contributed by atoms with Crippen molar-refractivity contribution in [3.8, 4) is 11.4 Å². The van der Waals surface area contributed by atoms with Crippen molar-refractivity contribution in [1.82, 2.24) is 19.9 Å². The number of hydrogen-bond acceptors (Lipinski definition) is 6. The number of aromatic nitrogens is 4. The summed E-state index contributed by atoms with van der Waals surface area (Å²) in [5.41, 5.74) is 1.90. The molecule has 0 saturated heterocycles. The number of fused-ring (bicyclic) bond motifs is 1. The molecule has 0 unspecified atom stereocenters. The van der Waals surface area contributed by atoms with Crippen LogP contribution in [0.25, 0.3) is 21.6 Å². The van der Waals surface area contributed by atoms with Gasteiger partial charge in [-0.3, -0.25) is 0 Å². The van der Waals surface area contributed by atoms with Crippen molar-refractivity contribution in [3.63, 3.8) is 0 Å². The molecule has 0 bridgehead atoms. The zero-order valence-corrected chi connectivity index (χ0v) is 14.8. The van der Waals surface area contributed by atoms with E-state index in [4.69, 9.17) is 17.4 Å². The number of nitrogens with zero attached hydrogens (tertiary/aromatic N) is 4. The molecule has 4 rings (SSSR count). The van der Waals surface area contributed by atoms with Crippen molar-refractivity contribution < 1.29 is 0 Å². The highest BCUT2D eigenvalue weighted by Gasteiger charge is 2.13. The van der Waals surface area contributed by atoms with E-state index in [0.29, 0.717) is 21.8 Å². The SMILES string of the molecule is Nn1c(SCc2nc3ccccc3s2)nnc1-c1ccc(Cl)cc1. The highest BCUT2D eigenvalue weighted by molar-refractivity contribution is 7.98. The van der Waals surface area contributed by atoms with E-state index in [1.54, 1.807) is 23.5 Å². The highest BCUT2D eigenvalue weighted by Crippen LogP contribution is 2.28. The van der Waals surface area contributed by atoms with Gasteiger partial charge < -0.3 is 5.84 Å². The highest BCUT2D eigenvalue weighted by atomic mass is 35.5. The van der Waals surface area contributed by atoms with E-state index < -0.39 is 0 Å². The number of thioether (sulfide) groups is 1. The van der Waals surface area contributed by atoms with Gasteiger partial charge in [-0.25, -0.2) is 9.66 Å². The Bertz CT molecular complexity index is 960. The van der Waals surface area contributed by atoms with E-state index in [2.05, 4.69) is 21.2 Å². The van der Waals surface area contributed by atoms with Crippen LogP contribution >= 0.6 is 34.7 Å². The summed E-state index contributed by atoms with van der Waals surface area (Å²) in [5, 5.41) is 10.7. The van der Waals surface area contributed by atoms with Gasteiger partial charge in [0.05, 0.1) is 16.0 Å². The maximum absolute atomic E-state index is 6.13. The van der Waals surface area contributed by atoms with Crippen molar-refractivity contribution in [2.45, 2.75) is 10.9 Å². The maximum Gasteiger partial charge on any atom is 0.210 e. The maximum atomic E-state index is 6.13. The third-order valence-corrected chi connectivity index (χ3v) is 5.86. The lowest BCUT2D eigenvalue weighted by molar-refractivity contribution is 0.849. The predicted octanol–water partition coefficient (Wildman–Crippen LogP) is 4.21. The van der Waals surface area contributed by atoms with Crippen LogP contribution in [0.3, 0.4) is 0 Å². The van der Waals surface area contributed by atoms with E-state index in [9.17, 15) is 0 Å². The lowest BCUT2D eigenvalue weighted by Gasteiger charge is -2.03. The molecule has 0 spiro atoms. The van der Waals surface area contributed by atoms with Gasteiger partial charge in [0.25, 0.3) is 0 Å². The van der Waals surface area contributed by atoms with Gasteiger partial charge >= 0.3 is 0 Å². The van der Waals surface area contributed by atoms with Crippen molar-refractivity contribution in [2.75, 3.05) is 5.84 Å². The molecule has 0 aliphatic heterocycles. The molecule has 0 atom stereocenters. The summed E-state index contributed by atoms with van der Waals surface area (Å²) >= 11 is 9.11. The van der Waals surface area contributed by atoms with Crippen molar-refractivity contribution >= 4 is 44.9 Å². The summed E-state index contributed by atoms with van der Waals surface area (Å²) in [4.78, 5) is 4.62. The first-order valence-corrected chi connectivity index (χ1v) is 9.32. The minimum atomic E-state index is 0.610. The number of thiazole rings is 1. The molecule has 2 aromatic heterocycles. The summed E-state index contributed by atoms with van der Waals surface area (Å²) in [6.45, 7) is 0. The number of rotatable bonds is 4. The Kier molecular flexibility index (Phi) is 4.13. The number of nitrogens with two attached hydrogens (primary N) is 1. The van der Waals surface area contributed by atoms with Crippen molar-refractivity contribution in [1.29, 1.82) is 0 Å². The van der Waals surface area contributed by atoms with Gasteiger partial charge in [0.15, 0.2) is 5.82 Å². The van der Waals surface area contributed by atoms with Crippen LogP contribution in [-0.2, 0) is 5.75 Å². The average Bonchev–Trinajstić information content (AvgIpc) is 3.17. The summed E-state index contributed by atoms with van der Waals surface area (Å²) in [5.74, 6) is 7.45. The number of halogens is 1. The van der Waals surface area contributed by atoms with Gasteiger partial charge in [0, 0.05) is 10.6 Å². The van der Waals surface area contributed by atoms with Crippen LogP contribution in [0.5, 0.6) is 0 Å². The Hall–Kier alpha value is -2.09. The number of benzene rings is 2. The molecule has 2 aromatic carbocycles. The minimum absolute atomic E-state index is 0.610. The first kappa shape index (κ1) is 15.4. The molecule has 0 fully saturated rings. The molecule has 2 heterocycles. The average molecular weight is 374 g/mol. The number of hydrogen-bond donors (Lipinski definition) is 1. The van der Waals surface area contributed by atoms with Gasteiger partial charge in [-0.05, 0) is 36.4 Å². The zero-order valence-electron chi connectivity index (χ0n) is 12.4. The molecule has 0 amide bonds. The summed E-state index contributed by atoms with van der Waals surface area (Å²) < 4.78 is 2.69. The van der Waals surface area contributed by atoms with Crippen LogP contribution in [0.4, 0.5) is 0 Å². The topological polar surface area (TPSA) is 69.6 Å². The Morgan fingerprint density at radius 1 is 1.08 bits per heavy atom. The van der Waals surface area contributed by atoms with Gasteiger partial charge in [0.2, 0.25) is 5.16 Å². The summed E-state index contributed by atoms with van der Waals surface area (Å²) in [6, 6.07) is 15.5. The Morgan fingerprint density at radius 3 is 2.67 bits per heavy atom. The Labute approximate surface area is 151 Å². The molecule has 0 saturated carbocycles. The molecule has 8 heteroatoms. The fourth-order valence-electron chi connectivity index (χ4n) is 2.28. The van der Waals surface area contributed by atoms with Crippen LogP contribution in [-0.4, -0.2) is 19.9 Å². The van der Waals surface area contributed by atoms with Crippen LogP contribution in [0.1, 0.15) is 5.01 Å². The Morgan fingerprint density at radius 2 is 1.88 bits per heavy atom. The van der Waals surface area contributed by atoms with E-state index in [1.807, 2.05) is 30.3 Å². The van der Waals surface area contributed by atoms with Gasteiger partial charge in [-0.1, -0.05) is 35.5 Å². The Balaban J connectivity index is 1.54. The molecule has 120 valence electrons. The fourth-order valence-corrected chi connectivity index (χ4v) is 4.22. The smallest absolute Gasteiger partial charge is 0.210 e. The van der Waals surface area contributed by atoms with E-state index in [-0.39, 0.29) is 0 Å². The van der Waals surface area contributed by atoms with E-state index in [0.717, 1.165) is 16.1 Å². The monoisotopic (exact) mass is 373 g/mol. The second kappa shape index (κ2) is 6.43. The molecule has 0 radical (unpaired) electrons. The van der Waals surface area contributed by atoms with Gasteiger partial charge in [-0.15, -0.1) is 21.5 Å². The number of para-hydroxylation sites is 1. The van der Waals surface area contributed by atoms with Gasteiger partial charge in [0.1, 0.15) is 5.01 Å². The minimum Gasteiger partial charge on any atom is -0.335 e. The second-order valence-electron chi connectivity index (χ2n) is 5.05. The van der Waals surface area contributed by atoms with Crippen molar-refractivity contribution in [2.24, 2.45) is 0 Å². The molecule has 2 N–H and O–H groups in total. The van der Waals surface area contributed by atoms with Crippen molar-refractivity contribution in [3.05, 3.63) is 58.6 Å². The molecular formula is C16H12ClN5S2. The van der Waals surface area contributed by atoms with Crippen LogP contribution in [0.2, 0.25) is 5.02 Å². The lowest BCUT2D eigenvalue weighted by Crippen LogP contribution is -2.11. The number of nitrogen functional groups attached to an aromatic ring is 1. The van der Waals surface area contributed by atoms with Crippen LogP contribution in [0, 0.1) is 0 Å². The first-order valence-electron chi connectivity index (χ1n) is 7.14. The molecule has 24 heavy (non-hydrogen) atoms. The largest absolute Gasteiger partial charge is 0.335 e.